The first-order valence-electron chi connectivity index (χ1n) is 6.59. The van der Waals surface area contributed by atoms with Gasteiger partial charge in [0.25, 0.3) is 0 Å². The van der Waals surface area contributed by atoms with Crippen molar-refractivity contribution in [3.05, 3.63) is 34.3 Å². The van der Waals surface area contributed by atoms with E-state index < -0.39 is 0 Å². The molecule has 0 bridgehead atoms. The minimum atomic E-state index is 0.322. The molecule has 0 aromatic carbocycles. The van der Waals surface area contributed by atoms with Crippen molar-refractivity contribution < 1.29 is 0 Å². The second-order valence-corrected chi connectivity index (χ2v) is 5.71. The standard InChI is InChI=1S/C14H20N4S/c1-3-5-13-17-12(15)9-14(18-13)16-10(2)8-11-6-4-7-19-11/h4,6-7,9-10H,3,5,8H2,1-2H3,(H3,15,16,17,18). The van der Waals surface area contributed by atoms with Gasteiger partial charge in [0.1, 0.15) is 17.5 Å². The molecule has 0 aliphatic heterocycles. The second kappa shape index (κ2) is 6.52. The van der Waals surface area contributed by atoms with Crippen LogP contribution in [-0.2, 0) is 12.8 Å². The van der Waals surface area contributed by atoms with Crippen LogP contribution in [0.1, 0.15) is 31.0 Å². The molecule has 2 rings (SSSR count). The first-order valence-corrected chi connectivity index (χ1v) is 7.47. The summed E-state index contributed by atoms with van der Waals surface area (Å²) in [6, 6.07) is 6.35. The van der Waals surface area contributed by atoms with Crippen LogP contribution < -0.4 is 11.1 Å². The van der Waals surface area contributed by atoms with Gasteiger partial charge in [-0.15, -0.1) is 11.3 Å². The summed E-state index contributed by atoms with van der Waals surface area (Å²) in [6.45, 7) is 4.26. The molecule has 2 heterocycles. The van der Waals surface area contributed by atoms with Crippen LogP contribution in [0.4, 0.5) is 11.6 Å². The lowest BCUT2D eigenvalue weighted by molar-refractivity contribution is 0.782. The van der Waals surface area contributed by atoms with Gasteiger partial charge in [0.2, 0.25) is 0 Å². The zero-order valence-corrected chi connectivity index (χ0v) is 12.2. The Hall–Kier alpha value is -1.62. The third-order valence-electron chi connectivity index (χ3n) is 2.75. The van der Waals surface area contributed by atoms with E-state index in [0.29, 0.717) is 11.9 Å². The van der Waals surface area contributed by atoms with Crippen molar-refractivity contribution >= 4 is 23.0 Å². The van der Waals surface area contributed by atoms with Crippen LogP contribution in [0.15, 0.2) is 23.6 Å². The fourth-order valence-corrected chi connectivity index (χ4v) is 2.80. The van der Waals surface area contributed by atoms with Crippen LogP contribution in [0.2, 0.25) is 0 Å². The van der Waals surface area contributed by atoms with Crippen molar-refractivity contribution in [2.75, 3.05) is 11.1 Å². The zero-order chi connectivity index (χ0) is 13.7. The van der Waals surface area contributed by atoms with Gasteiger partial charge >= 0.3 is 0 Å². The highest BCUT2D eigenvalue weighted by Crippen LogP contribution is 2.15. The molecule has 0 spiro atoms. The molecular weight excluding hydrogens is 256 g/mol. The van der Waals surface area contributed by atoms with Gasteiger partial charge in [-0.3, -0.25) is 0 Å². The molecule has 0 radical (unpaired) electrons. The fourth-order valence-electron chi connectivity index (χ4n) is 1.96. The molecule has 0 saturated heterocycles. The normalized spacial score (nSPS) is 12.3. The lowest BCUT2D eigenvalue weighted by atomic mass is 10.2. The lowest BCUT2D eigenvalue weighted by Crippen LogP contribution is -2.19. The lowest BCUT2D eigenvalue weighted by Gasteiger charge is -2.14. The number of aromatic nitrogens is 2. The SMILES string of the molecule is CCCc1nc(N)cc(NC(C)Cc2cccs2)n1. The molecule has 1 atom stereocenters. The Labute approximate surface area is 118 Å². The largest absolute Gasteiger partial charge is 0.384 e. The minimum Gasteiger partial charge on any atom is -0.384 e. The highest BCUT2D eigenvalue weighted by Gasteiger charge is 2.07. The zero-order valence-electron chi connectivity index (χ0n) is 11.4. The summed E-state index contributed by atoms with van der Waals surface area (Å²) in [5.41, 5.74) is 5.81. The van der Waals surface area contributed by atoms with Crippen LogP contribution in [0.25, 0.3) is 0 Å². The quantitative estimate of drug-likeness (QED) is 0.851. The predicted octanol–water partition coefficient (Wildman–Crippen LogP) is 3.12. The summed E-state index contributed by atoms with van der Waals surface area (Å²) in [6.07, 6.45) is 2.87. The number of aryl methyl sites for hydroxylation is 1. The highest BCUT2D eigenvalue weighted by atomic mass is 32.1. The molecule has 0 amide bonds. The van der Waals surface area contributed by atoms with Crippen molar-refractivity contribution in [2.24, 2.45) is 0 Å². The first kappa shape index (κ1) is 13.8. The maximum atomic E-state index is 5.81. The van der Waals surface area contributed by atoms with Gasteiger partial charge in [0.15, 0.2) is 0 Å². The predicted molar refractivity (Wildman–Crippen MR) is 81.5 cm³/mol. The fraction of sp³-hybridized carbons (Fsp3) is 0.429. The average molecular weight is 276 g/mol. The van der Waals surface area contributed by atoms with Crippen molar-refractivity contribution in [1.82, 2.24) is 9.97 Å². The molecule has 2 aromatic rings. The second-order valence-electron chi connectivity index (χ2n) is 4.67. The number of thiophene rings is 1. The summed E-state index contributed by atoms with van der Waals surface area (Å²) in [5.74, 6) is 2.16. The Kier molecular flexibility index (Phi) is 4.74. The molecule has 0 aliphatic carbocycles. The minimum absolute atomic E-state index is 0.322. The molecular formula is C14H20N4S. The summed E-state index contributed by atoms with van der Waals surface area (Å²) in [7, 11) is 0. The van der Waals surface area contributed by atoms with Crippen molar-refractivity contribution in [1.29, 1.82) is 0 Å². The number of rotatable bonds is 6. The summed E-state index contributed by atoms with van der Waals surface area (Å²) in [4.78, 5) is 10.1. The van der Waals surface area contributed by atoms with Crippen LogP contribution in [0, 0.1) is 0 Å². The van der Waals surface area contributed by atoms with E-state index in [0.717, 1.165) is 30.9 Å². The van der Waals surface area contributed by atoms with E-state index in [4.69, 9.17) is 5.73 Å². The van der Waals surface area contributed by atoms with Gasteiger partial charge < -0.3 is 11.1 Å². The van der Waals surface area contributed by atoms with E-state index in [9.17, 15) is 0 Å². The number of nitrogens with one attached hydrogen (secondary N) is 1. The van der Waals surface area contributed by atoms with Gasteiger partial charge in [-0.05, 0) is 24.8 Å². The van der Waals surface area contributed by atoms with Gasteiger partial charge in [0, 0.05) is 29.8 Å². The summed E-state index contributed by atoms with van der Waals surface area (Å²) >= 11 is 1.78. The topological polar surface area (TPSA) is 63.8 Å². The molecule has 0 saturated carbocycles. The van der Waals surface area contributed by atoms with E-state index in [1.165, 1.54) is 4.88 Å². The molecule has 19 heavy (non-hydrogen) atoms. The Morgan fingerprint density at radius 2 is 2.26 bits per heavy atom. The van der Waals surface area contributed by atoms with Gasteiger partial charge in [-0.25, -0.2) is 9.97 Å². The number of nitrogens with zero attached hydrogens (tertiary/aromatic N) is 2. The monoisotopic (exact) mass is 276 g/mol. The Morgan fingerprint density at radius 1 is 1.42 bits per heavy atom. The smallest absolute Gasteiger partial charge is 0.133 e. The van der Waals surface area contributed by atoms with E-state index >= 15 is 0 Å². The van der Waals surface area contributed by atoms with Gasteiger partial charge in [0.05, 0.1) is 0 Å². The van der Waals surface area contributed by atoms with Crippen molar-refractivity contribution in [2.45, 2.75) is 39.2 Å². The number of hydrogen-bond acceptors (Lipinski definition) is 5. The summed E-state index contributed by atoms with van der Waals surface area (Å²) in [5, 5.41) is 5.50. The third-order valence-corrected chi connectivity index (χ3v) is 3.65. The van der Waals surface area contributed by atoms with E-state index in [2.05, 4.69) is 46.6 Å². The summed E-state index contributed by atoms with van der Waals surface area (Å²) < 4.78 is 0. The van der Waals surface area contributed by atoms with E-state index in [1.54, 1.807) is 17.4 Å². The Bertz CT molecular complexity index is 510. The molecule has 3 N–H and O–H groups in total. The number of anilines is 2. The van der Waals surface area contributed by atoms with Crippen LogP contribution in [0.5, 0.6) is 0 Å². The molecule has 0 fully saturated rings. The van der Waals surface area contributed by atoms with Crippen LogP contribution in [-0.4, -0.2) is 16.0 Å². The molecule has 2 aromatic heterocycles. The molecule has 102 valence electrons. The molecule has 4 nitrogen and oxygen atoms in total. The number of nitrogens with two attached hydrogens (primary N) is 1. The first-order chi connectivity index (χ1) is 9.17. The number of hydrogen-bond donors (Lipinski definition) is 2. The number of nitrogen functional groups attached to an aromatic ring is 1. The average Bonchev–Trinajstić information content (AvgIpc) is 2.81. The van der Waals surface area contributed by atoms with Crippen molar-refractivity contribution in [3.63, 3.8) is 0 Å². The van der Waals surface area contributed by atoms with E-state index in [-0.39, 0.29) is 0 Å². The molecule has 0 aliphatic rings. The molecule has 1 unspecified atom stereocenters. The maximum Gasteiger partial charge on any atom is 0.133 e. The van der Waals surface area contributed by atoms with Crippen LogP contribution in [0.3, 0.4) is 0 Å². The van der Waals surface area contributed by atoms with Gasteiger partial charge in [-0.1, -0.05) is 13.0 Å². The molecule has 5 heteroatoms. The maximum absolute atomic E-state index is 5.81. The van der Waals surface area contributed by atoms with E-state index in [1.807, 2.05) is 0 Å². The Morgan fingerprint density at radius 3 is 2.95 bits per heavy atom. The van der Waals surface area contributed by atoms with Gasteiger partial charge in [-0.2, -0.15) is 0 Å². The Balaban J connectivity index is 2.01. The van der Waals surface area contributed by atoms with Crippen molar-refractivity contribution in [3.8, 4) is 0 Å². The third kappa shape index (κ3) is 4.21. The van der Waals surface area contributed by atoms with Crippen LogP contribution >= 0.6 is 11.3 Å². The highest BCUT2D eigenvalue weighted by molar-refractivity contribution is 7.09.